The van der Waals surface area contributed by atoms with Gasteiger partial charge in [-0.15, -0.1) is 11.3 Å². The summed E-state index contributed by atoms with van der Waals surface area (Å²) in [5.74, 6) is 0.379. The molecule has 4 nitrogen and oxygen atoms in total. The lowest BCUT2D eigenvalue weighted by Gasteiger charge is -2.07. The molecule has 0 aliphatic heterocycles. The van der Waals surface area contributed by atoms with E-state index < -0.39 is 0 Å². The lowest BCUT2D eigenvalue weighted by Crippen LogP contribution is -2.23. The van der Waals surface area contributed by atoms with Gasteiger partial charge in [-0.05, 0) is 43.9 Å². The van der Waals surface area contributed by atoms with Crippen LogP contribution in [0.2, 0.25) is 0 Å². The van der Waals surface area contributed by atoms with Crippen molar-refractivity contribution in [2.75, 3.05) is 5.75 Å². The molecule has 7 heteroatoms. The molecule has 1 aliphatic rings. The first-order valence-corrected chi connectivity index (χ1v) is 11.1. The number of aromatic nitrogens is 2. The number of hydrogen-bond donors (Lipinski definition) is 0. The Hall–Kier alpha value is -1.44. The van der Waals surface area contributed by atoms with Crippen molar-refractivity contribution >= 4 is 54.9 Å². The Balaban J connectivity index is 1.68. The molecule has 0 unspecified atom stereocenters. The second-order valence-electron chi connectivity index (χ2n) is 6.21. The summed E-state index contributed by atoms with van der Waals surface area (Å²) in [6, 6.07) is 7.39. The van der Waals surface area contributed by atoms with Crippen LogP contribution in [0.4, 0.5) is 0 Å². The molecule has 0 atom stereocenters. The van der Waals surface area contributed by atoms with Crippen molar-refractivity contribution in [3.05, 3.63) is 55.1 Å². The molecule has 0 bridgehead atoms. The lowest BCUT2D eigenvalue weighted by atomic mass is 10.2. The molecular formula is C19H17BrN2O2S2. The minimum absolute atomic E-state index is 0.00508. The smallest absolute Gasteiger partial charge is 0.275 e. The highest BCUT2D eigenvalue weighted by molar-refractivity contribution is 9.10. The van der Waals surface area contributed by atoms with E-state index in [9.17, 15) is 9.59 Å². The standard InChI is InChI=1S/C19H17BrN2O2S2/c1-2-22-19(24)16-13-4-3-5-15(13)26-17(16)18(21-22)25-10-14(23)11-6-8-12(20)9-7-11/h6-9H,2-5,10H2,1H3. The minimum Gasteiger partial charge on any atom is -0.293 e. The van der Waals surface area contributed by atoms with Crippen molar-refractivity contribution < 1.29 is 4.79 Å². The zero-order valence-electron chi connectivity index (χ0n) is 14.3. The second-order valence-corrected chi connectivity index (χ2v) is 9.19. The van der Waals surface area contributed by atoms with Gasteiger partial charge in [-0.1, -0.05) is 39.8 Å². The van der Waals surface area contributed by atoms with Crippen LogP contribution < -0.4 is 5.56 Å². The number of carbonyl (C=O) groups is 1. The van der Waals surface area contributed by atoms with Gasteiger partial charge in [-0.2, -0.15) is 5.10 Å². The first-order valence-electron chi connectivity index (χ1n) is 8.55. The second kappa shape index (κ2) is 7.29. The van der Waals surface area contributed by atoms with E-state index in [1.165, 1.54) is 26.9 Å². The summed E-state index contributed by atoms with van der Waals surface area (Å²) < 4.78 is 3.44. The van der Waals surface area contributed by atoms with Gasteiger partial charge in [0.15, 0.2) is 5.78 Å². The van der Waals surface area contributed by atoms with Gasteiger partial charge in [0.25, 0.3) is 5.56 Å². The average molecular weight is 449 g/mol. The topological polar surface area (TPSA) is 52.0 Å². The Bertz CT molecular complexity index is 1050. The normalized spacial score (nSPS) is 13.3. The van der Waals surface area contributed by atoms with E-state index in [-0.39, 0.29) is 11.3 Å². The molecule has 1 aromatic carbocycles. The van der Waals surface area contributed by atoms with Crippen molar-refractivity contribution in [2.24, 2.45) is 0 Å². The maximum absolute atomic E-state index is 12.8. The molecule has 0 amide bonds. The Kier molecular flexibility index (Phi) is 5.03. The highest BCUT2D eigenvalue weighted by Crippen LogP contribution is 2.39. The zero-order chi connectivity index (χ0) is 18.3. The average Bonchev–Trinajstić information content (AvgIpc) is 3.23. The van der Waals surface area contributed by atoms with E-state index in [0.717, 1.165) is 38.8 Å². The predicted molar refractivity (Wildman–Crippen MR) is 111 cm³/mol. The first kappa shape index (κ1) is 17.9. The summed E-state index contributed by atoms with van der Waals surface area (Å²) in [6.07, 6.45) is 3.14. The Morgan fingerprint density at radius 1 is 1.31 bits per heavy atom. The Morgan fingerprint density at radius 2 is 2.08 bits per heavy atom. The predicted octanol–water partition coefficient (Wildman–Crippen LogP) is 4.70. The molecule has 0 saturated heterocycles. The fourth-order valence-corrected chi connectivity index (χ4v) is 5.92. The number of ketones is 1. The van der Waals surface area contributed by atoms with Crippen molar-refractivity contribution in [1.82, 2.24) is 9.78 Å². The van der Waals surface area contributed by atoms with Gasteiger partial charge in [-0.25, -0.2) is 4.68 Å². The van der Waals surface area contributed by atoms with Crippen LogP contribution in [0.1, 0.15) is 34.1 Å². The molecule has 0 radical (unpaired) electrons. The number of thiophene rings is 1. The molecule has 4 rings (SSSR count). The fourth-order valence-electron chi connectivity index (χ4n) is 3.27. The molecule has 2 heterocycles. The molecule has 0 N–H and O–H groups in total. The minimum atomic E-state index is 0.00508. The first-order chi connectivity index (χ1) is 12.6. The van der Waals surface area contributed by atoms with Crippen LogP contribution in [0, 0.1) is 0 Å². The third-order valence-corrected chi connectivity index (χ3v) is 7.50. The number of carbonyl (C=O) groups excluding carboxylic acids is 1. The van der Waals surface area contributed by atoms with E-state index in [1.54, 1.807) is 11.3 Å². The Labute approximate surface area is 167 Å². The number of aryl methyl sites for hydroxylation is 3. The summed E-state index contributed by atoms with van der Waals surface area (Å²) in [5.41, 5.74) is 1.90. The fraction of sp³-hybridized carbons (Fsp3) is 0.316. The summed E-state index contributed by atoms with van der Waals surface area (Å²) in [4.78, 5) is 26.6. The molecule has 0 fully saturated rings. The number of halogens is 1. The highest BCUT2D eigenvalue weighted by atomic mass is 79.9. The SMILES string of the molecule is CCn1nc(SCC(=O)c2ccc(Br)cc2)c2sc3c(c2c1=O)CCC3. The van der Waals surface area contributed by atoms with E-state index in [0.29, 0.717) is 17.9 Å². The van der Waals surface area contributed by atoms with Crippen LogP contribution in [-0.2, 0) is 19.4 Å². The van der Waals surface area contributed by atoms with Crippen LogP contribution >= 0.6 is 39.0 Å². The van der Waals surface area contributed by atoms with Gasteiger partial charge in [0.2, 0.25) is 0 Å². The monoisotopic (exact) mass is 448 g/mol. The molecule has 3 aromatic rings. The zero-order valence-corrected chi connectivity index (χ0v) is 17.5. The quantitative estimate of drug-likeness (QED) is 0.419. The maximum atomic E-state index is 12.8. The van der Waals surface area contributed by atoms with Gasteiger partial charge in [0, 0.05) is 21.5 Å². The van der Waals surface area contributed by atoms with Crippen molar-refractivity contribution in [1.29, 1.82) is 0 Å². The van der Waals surface area contributed by atoms with Crippen LogP contribution in [0.15, 0.2) is 38.6 Å². The molecule has 1 aliphatic carbocycles. The molecular weight excluding hydrogens is 432 g/mol. The molecule has 26 heavy (non-hydrogen) atoms. The number of benzene rings is 1. The number of thioether (sulfide) groups is 1. The Morgan fingerprint density at radius 3 is 2.81 bits per heavy atom. The number of nitrogens with zero attached hydrogens (tertiary/aromatic N) is 2. The van der Waals surface area contributed by atoms with Gasteiger partial charge in [0.05, 0.1) is 15.8 Å². The summed E-state index contributed by atoms with van der Waals surface area (Å²) in [6.45, 7) is 2.46. The number of Topliss-reactive ketones (excluding diaryl/α,β-unsaturated/α-hetero) is 1. The van der Waals surface area contributed by atoms with E-state index >= 15 is 0 Å². The van der Waals surface area contributed by atoms with Crippen molar-refractivity contribution in [3.8, 4) is 0 Å². The van der Waals surface area contributed by atoms with E-state index in [1.807, 2.05) is 31.2 Å². The van der Waals surface area contributed by atoms with Gasteiger partial charge in [-0.3, -0.25) is 9.59 Å². The van der Waals surface area contributed by atoms with Crippen LogP contribution in [0.5, 0.6) is 0 Å². The lowest BCUT2D eigenvalue weighted by molar-refractivity contribution is 0.102. The van der Waals surface area contributed by atoms with Crippen LogP contribution in [-0.4, -0.2) is 21.3 Å². The van der Waals surface area contributed by atoms with Gasteiger partial charge >= 0.3 is 0 Å². The van der Waals surface area contributed by atoms with Crippen LogP contribution in [0.25, 0.3) is 10.1 Å². The van der Waals surface area contributed by atoms with E-state index in [4.69, 9.17) is 0 Å². The summed E-state index contributed by atoms with van der Waals surface area (Å²) in [5, 5.41) is 6.16. The van der Waals surface area contributed by atoms with Gasteiger partial charge in [0.1, 0.15) is 5.03 Å². The molecule has 134 valence electrons. The molecule has 0 saturated carbocycles. The third-order valence-electron chi connectivity index (χ3n) is 4.58. The number of rotatable bonds is 5. The summed E-state index contributed by atoms with van der Waals surface area (Å²) >= 11 is 6.50. The van der Waals surface area contributed by atoms with E-state index in [2.05, 4.69) is 21.0 Å². The number of hydrogen-bond acceptors (Lipinski definition) is 5. The van der Waals surface area contributed by atoms with Gasteiger partial charge < -0.3 is 0 Å². The number of fused-ring (bicyclic) bond motifs is 3. The van der Waals surface area contributed by atoms with Crippen molar-refractivity contribution in [2.45, 2.75) is 37.8 Å². The van der Waals surface area contributed by atoms with Crippen LogP contribution in [0.3, 0.4) is 0 Å². The largest absolute Gasteiger partial charge is 0.293 e. The van der Waals surface area contributed by atoms with Crippen molar-refractivity contribution in [3.63, 3.8) is 0 Å². The summed E-state index contributed by atoms with van der Waals surface area (Å²) in [7, 11) is 0. The molecule has 2 aromatic heterocycles. The highest BCUT2D eigenvalue weighted by Gasteiger charge is 2.24. The maximum Gasteiger partial charge on any atom is 0.275 e. The molecule has 0 spiro atoms. The third kappa shape index (κ3) is 3.17.